The number of hydrogen-bond acceptors (Lipinski definition) is 4. The van der Waals surface area contributed by atoms with Gasteiger partial charge >= 0.3 is 0 Å². The Bertz CT molecular complexity index is 1180. The first kappa shape index (κ1) is 21.9. The van der Waals surface area contributed by atoms with E-state index in [9.17, 15) is 0 Å². The molecular weight excluding hydrogens is 404 g/mol. The van der Waals surface area contributed by atoms with Crippen molar-refractivity contribution in [1.29, 1.82) is 0 Å². The molecule has 3 atom stereocenters. The van der Waals surface area contributed by atoms with Crippen molar-refractivity contribution in [2.24, 2.45) is 5.41 Å². The van der Waals surface area contributed by atoms with Crippen molar-refractivity contribution in [3.05, 3.63) is 72.1 Å². The first-order chi connectivity index (χ1) is 15.7. The Morgan fingerprint density at radius 2 is 1.52 bits per heavy atom. The van der Waals surface area contributed by atoms with E-state index in [2.05, 4.69) is 113 Å². The van der Waals surface area contributed by atoms with Gasteiger partial charge < -0.3 is 9.80 Å². The van der Waals surface area contributed by atoms with Crippen molar-refractivity contribution >= 4 is 23.0 Å². The third-order valence-electron chi connectivity index (χ3n) is 8.51. The molecule has 0 N–H and O–H groups in total. The summed E-state index contributed by atoms with van der Waals surface area (Å²) < 4.78 is 0. The molecule has 2 aromatic carbocycles. The van der Waals surface area contributed by atoms with E-state index in [0.717, 1.165) is 30.2 Å². The van der Waals surface area contributed by atoms with Crippen molar-refractivity contribution in [2.45, 2.75) is 78.3 Å². The topological polar surface area (TPSA) is 32.3 Å². The predicted molar refractivity (Wildman–Crippen MR) is 138 cm³/mol. The Kier molecular flexibility index (Phi) is 4.86. The SMILES string of the molecule is CCC1(C)c2ccccc2N2c3nc(C(C)(C)C)cnc3N(c3ccccc3)C2C1(C)CC. The highest BCUT2D eigenvalue weighted by Crippen LogP contribution is 2.63. The van der Waals surface area contributed by atoms with Crippen molar-refractivity contribution in [2.75, 3.05) is 9.80 Å². The minimum absolute atomic E-state index is 0.0153. The molecular formula is C29H36N4. The van der Waals surface area contributed by atoms with E-state index in [1.165, 1.54) is 16.9 Å². The molecule has 0 radical (unpaired) electrons. The van der Waals surface area contributed by atoms with Gasteiger partial charge in [0.2, 0.25) is 0 Å². The zero-order valence-electron chi connectivity index (χ0n) is 21.1. The second kappa shape index (κ2) is 7.31. The van der Waals surface area contributed by atoms with Gasteiger partial charge in [-0.15, -0.1) is 0 Å². The summed E-state index contributed by atoms with van der Waals surface area (Å²) in [6.07, 6.45) is 4.19. The molecule has 0 saturated heterocycles. The Morgan fingerprint density at radius 3 is 2.15 bits per heavy atom. The Balaban J connectivity index is 1.87. The largest absolute Gasteiger partial charge is 0.301 e. The average Bonchev–Trinajstić information content (AvgIpc) is 3.17. The molecule has 0 fully saturated rings. The lowest BCUT2D eigenvalue weighted by atomic mass is 9.55. The number of aromatic nitrogens is 2. The van der Waals surface area contributed by atoms with Gasteiger partial charge in [0.25, 0.3) is 0 Å². The second-order valence-corrected chi connectivity index (χ2v) is 11.1. The molecule has 5 rings (SSSR count). The molecule has 33 heavy (non-hydrogen) atoms. The summed E-state index contributed by atoms with van der Waals surface area (Å²) in [7, 11) is 0. The molecule has 1 aromatic heterocycles. The van der Waals surface area contributed by atoms with Gasteiger partial charge in [-0.1, -0.05) is 84.9 Å². The van der Waals surface area contributed by atoms with Crippen LogP contribution in [0.4, 0.5) is 23.0 Å². The minimum atomic E-state index is -0.0704. The van der Waals surface area contributed by atoms with Gasteiger partial charge in [-0.2, -0.15) is 0 Å². The Labute approximate surface area is 198 Å². The quantitative estimate of drug-likeness (QED) is 0.422. The van der Waals surface area contributed by atoms with Gasteiger partial charge in [0, 0.05) is 27.6 Å². The van der Waals surface area contributed by atoms with Gasteiger partial charge in [0.1, 0.15) is 6.17 Å². The van der Waals surface area contributed by atoms with Crippen molar-refractivity contribution < 1.29 is 0 Å². The molecule has 3 heterocycles. The highest BCUT2D eigenvalue weighted by atomic mass is 15.5. The number of para-hydroxylation sites is 2. The van der Waals surface area contributed by atoms with Gasteiger partial charge in [-0.05, 0) is 36.6 Å². The number of fused-ring (bicyclic) bond motifs is 5. The zero-order valence-corrected chi connectivity index (χ0v) is 21.1. The second-order valence-electron chi connectivity index (χ2n) is 11.1. The van der Waals surface area contributed by atoms with E-state index < -0.39 is 0 Å². The molecule has 0 spiro atoms. The third-order valence-corrected chi connectivity index (χ3v) is 8.51. The van der Waals surface area contributed by atoms with E-state index in [-0.39, 0.29) is 22.4 Å². The molecule has 4 nitrogen and oxygen atoms in total. The van der Waals surface area contributed by atoms with E-state index >= 15 is 0 Å². The van der Waals surface area contributed by atoms with Crippen LogP contribution in [0.2, 0.25) is 0 Å². The minimum Gasteiger partial charge on any atom is -0.301 e. The first-order valence-electron chi connectivity index (χ1n) is 12.3. The summed E-state index contributed by atoms with van der Waals surface area (Å²) in [6.45, 7) is 16.2. The molecule has 0 saturated carbocycles. The molecule has 4 heteroatoms. The van der Waals surface area contributed by atoms with Crippen molar-refractivity contribution in [3.8, 4) is 0 Å². The standard InChI is InChI=1S/C29H36N4/c1-8-28(6)21-17-13-14-18-22(21)33-25-24(30-19-23(31-25)27(3,4)5)32(20-15-11-10-12-16-20)26(33)29(28,7)9-2/h10-19,26H,8-9H2,1-7H3. The van der Waals surface area contributed by atoms with Crippen molar-refractivity contribution in [3.63, 3.8) is 0 Å². The summed E-state index contributed by atoms with van der Waals surface area (Å²) >= 11 is 0. The molecule has 3 unspecified atom stereocenters. The fourth-order valence-corrected chi connectivity index (χ4v) is 5.99. The van der Waals surface area contributed by atoms with Crippen LogP contribution in [0, 0.1) is 5.41 Å². The maximum Gasteiger partial charge on any atom is 0.178 e. The summed E-state index contributed by atoms with van der Waals surface area (Å²) in [5.74, 6) is 1.93. The van der Waals surface area contributed by atoms with Crippen LogP contribution in [0.1, 0.15) is 72.6 Å². The van der Waals surface area contributed by atoms with Crippen LogP contribution in [-0.4, -0.2) is 16.1 Å². The highest BCUT2D eigenvalue weighted by molar-refractivity contribution is 5.86. The van der Waals surface area contributed by atoms with E-state index in [1.807, 2.05) is 6.20 Å². The number of hydrogen-bond donors (Lipinski definition) is 0. The molecule has 2 aliphatic rings. The molecule has 0 amide bonds. The van der Waals surface area contributed by atoms with Gasteiger partial charge in [-0.25, -0.2) is 9.97 Å². The van der Waals surface area contributed by atoms with Gasteiger partial charge in [0.05, 0.1) is 11.9 Å². The Hall–Kier alpha value is -2.88. The van der Waals surface area contributed by atoms with E-state index in [1.54, 1.807) is 0 Å². The maximum absolute atomic E-state index is 5.28. The monoisotopic (exact) mass is 440 g/mol. The highest BCUT2D eigenvalue weighted by Gasteiger charge is 2.61. The predicted octanol–water partition coefficient (Wildman–Crippen LogP) is 7.49. The van der Waals surface area contributed by atoms with E-state index in [0.29, 0.717) is 0 Å². The average molecular weight is 441 g/mol. The normalized spacial score (nSPS) is 26.1. The molecule has 172 valence electrons. The summed E-state index contributed by atoms with van der Waals surface area (Å²) in [5, 5.41) is 0. The summed E-state index contributed by atoms with van der Waals surface area (Å²) in [6, 6.07) is 19.7. The van der Waals surface area contributed by atoms with E-state index in [4.69, 9.17) is 9.97 Å². The lowest BCUT2D eigenvalue weighted by Gasteiger charge is -2.58. The van der Waals surface area contributed by atoms with Crippen LogP contribution in [0.3, 0.4) is 0 Å². The number of benzene rings is 2. The lowest BCUT2D eigenvalue weighted by molar-refractivity contribution is 0.0963. The fraction of sp³-hybridized carbons (Fsp3) is 0.448. The fourth-order valence-electron chi connectivity index (χ4n) is 5.99. The van der Waals surface area contributed by atoms with Crippen LogP contribution >= 0.6 is 0 Å². The third kappa shape index (κ3) is 2.89. The van der Waals surface area contributed by atoms with Gasteiger partial charge in [-0.3, -0.25) is 0 Å². The molecule has 2 aliphatic heterocycles. The number of anilines is 4. The molecule has 0 aliphatic carbocycles. The maximum atomic E-state index is 5.28. The summed E-state index contributed by atoms with van der Waals surface area (Å²) in [4.78, 5) is 15.3. The van der Waals surface area contributed by atoms with Gasteiger partial charge in [0.15, 0.2) is 11.6 Å². The Morgan fingerprint density at radius 1 is 0.848 bits per heavy atom. The first-order valence-corrected chi connectivity index (χ1v) is 12.3. The summed E-state index contributed by atoms with van der Waals surface area (Å²) in [5.41, 5.74) is 4.78. The number of rotatable bonds is 3. The van der Waals surface area contributed by atoms with Crippen LogP contribution in [-0.2, 0) is 10.8 Å². The van der Waals surface area contributed by atoms with Crippen molar-refractivity contribution in [1.82, 2.24) is 9.97 Å². The van der Waals surface area contributed by atoms with Crippen LogP contribution in [0.15, 0.2) is 60.8 Å². The zero-order chi connectivity index (χ0) is 23.6. The van der Waals surface area contributed by atoms with Crippen LogP contribution in [0.25, 0.3) is 0 Å². The molecule has 0 bridgehead atoms. The number of nitrogens with zero attached hydrogens (tertiary/aromatic N) is 4. The van der Waals surface area contributed by atoms with Crippen LogP contribution in [0.5, 0.6) is 0 Å². The molecule has 3 aromatic rings. The van der Waals surface area contributed by atoms with Crippen LogP contribution < -0.4 is 9.80 Å². The lowest BCUT2D eigenvalue weighted by Crippen LogP contribution is -2.62. The smallest absolute Gasteiger partial charge is 0.178 e.